The molecule has 0 aromatic rings. The van der Waals surface area contributed by atoms with Gasteiger partial charge in [-0.2, -0.15) is 0 Å². The van der Waals surface area contributed by atoms with Crippen molar-refractivity contribution in [1.29, 1.82) is 0 Å². The topological polar surface area (TPSA) is 143 Å². The van der Waals surface area contributed by atoms with E-state index in [0.717, 1.165) is 25.8 Å². The van der Waals surface area contributed by atoms with E-state index in [1.165, 1.54) is 19.3 Å². The molecule has 0 bridgehead atoms. The molecule has 0 amide bonds. The van der Waals surface area contributed by atoms with Gasteiger partial charge in [0.05, 0.1) is 51.8 Å². The molecule has 9 nitrogen and oxygen atoms in total. The summed E-state index contributed by atoms with van der Waals surface area (Å²) in [5.41, 5.74) is 0. The van der Waals surface area contributed by atoms with Gasteiger partial charge in [0.1, 0.15) is 12.2 Å². The number of unbranched alkanes of at least 4 members (excludes halogenated alkanes) is 5. The number of hydrogen-bond acceptors (Lipinski definition) is 9. The highest BCUT2D eigenvalue weighted by atomic mass is 16.5. The molecule has 4 atom stereocenters. The molecule has 0 aliphatic carbocycles. The summed E-state index contributed by atoms with van der Waals surface area (Å²) in [4.78, 5) is 1.95. The highest BCUT2D eigenvalue weighted by Gasteiger charge is 2.17. The third kappa shape index (κ3) is 18.2. The second-order valence-corrected chi connectivity index (χ2v) is 7.58. The standard InChI is InChI=1S/C20H43NO8/c1-2-3-4-5-6-7-8-21(9-17(24)13-28-15-19(26)11-22)10-18(25)14-29-16-20(27)12-23/h17-20,22-27H,2-16H2,1H3. The summed E-state index contributed by atoms with van der Waals surface area (Å²) in [6.45, 7) is 2.68. The number of ether oxygens (including phenoxy) is 2. The van der Waals surface area contributed by atoms with E-state index in [1.807, 2.05) is 4.90 Å². The second kappa shape index (κ2) is 19.6. The van der Waals surface area contributed by atoms with Gasteiger partial charge in [0, 0.05) is 13.1 Å². The molecule has 9 heteroatoms. The van der Waals surface area contributed by atoms with E-state index in [4.69, 9.17) is 19.7 Å². The molecule has 0 saturated carbocycles. The first-order chi connectivity index (χ1) is 13.9. The highest BCUT2D eigenvalue weighted by molar-refractivity contribution is 4.70. The summed E-state index contributed by atoms with van der Waals surface area (Å²) in [6, 6.07) is 0. The van der Waals surface area contributed by atoms with Crippen LogP contribution in [-0.4, -0.2) is 119 Å². The van der Waals surface area contributed by atoms with Crippen LogP contribution in [0.3, 0.4) is 0 Å². The summed E-state index contributed by atoms with van der Waals surface area (Å²) in [7, 11) is 0. The van der Waals surface area contributed by atoms with E-state index in [2.05, 4.69) is 6.92 Å². The van der Waals surface area contributed by atoms with Crippen molar-refractivity contribution in [3.05, 3.63) is 0 Å². The lowest BCUT2D eigenvalue weighted by Gasteiger charge is -2.27. The van der Waals surface area contributed by atoms with Crippen molar-refractivity contribution in [2.75, 3.05) is 59.3 Å². The molecule has 176 valence electrons. The first kappa shape index (κ1) is 28.6. The first-order valence-electron chi connectivity index (χ1n) is 10.7. The van der Waals surface area contributed by atoms with E-state index in [-0.39, 0.29) is 26.4 Å². The van der Waals surface area contributed by atoms with Gasteiger partial charge in [-0.25, -0.2) is 0 Å². The summed E-state index contributed by atoms with van der Waals surface area (Å²) in [6.07, 6.45) is 3.34. The number of rotatable bonds is 21. The number of hydrogen-bond donors (Lipinski definition) is 6. The zero-order valence-electron chi connectivity index (χ0n) is 17.9. The van der Waals surface area contributed by atoms with Crippen LogP contribution in [0.5, 0.6) is 0 Å². The minimum atomic E-state index is -0.963. The van der Waals surface area contributed by atoms with Crippen LogP contribution in [0.15, 0.2) is 0 Å². The Morgan fingerprint density at radius 2 is 1.03 bits per heavy atom. The van der Waals surface area contributed by atoms with Gasteiger partial charge >= 0.3 is 0 Å². The van der Waals surface area contributed by atoms with Crippen LogP contribution >= 0.6 is 0 Å². The van der Waals surface area contributed by atoms with Crippen molar-refractivity contribution >= 4 is 0 Å². The van der Waals surface area contributed by atoms with Crippen molar-refractivity contribution in [3.63, 3.8) is 0 Å². The molecular formula is C20H43NO8. The minimum absolute atomic E-state index is 0.0271. The van der Waals surface area contributed by atoms with Crippen LogP contribution in [0.4, 0.5) is 0 Å². The maximum absolute atomic E-state index is 10.2. The largest absolute Gasteiger partial charge is 0.394 e. The molecule has 0 saturated heterocycles. The molecule has 0 heterocycles. The Labute approximate surface area is 174 Å². The molecule has 0 aliphatic rings. The number of aliphatic hydroxyl groups excluding tert-OH is 6. The lowest BCUT2D eigenvalue weighted by Crippen LogP contribution is -2.42. The average molecular weight is 426 g/mol. The van der Waals surface area contributed by atoms with E-state index in [9.17, 15) is 20.4 Å². The van der Waals surface area contributed by atoms with Crippen molar-refractivity contribution in [1.82, 2.24) is 4.90 Å². The predicted molar refractivity (Wildman–Crippen MR) is 110 cm³/mol. The molecule has 0 aliphatic heterocycles. The molecule has 4 unspecified atom stereocenters. The fraction of sp³-hybridized carbons (Fsp3) is 1.00. The Morgan fingerprint density at radius 1 is 0.621 bits per heavy atom. The van der Waals surface area contributed by atoms with Crippen LogP contribution in [-0.2, 0) is 9.47 Å². The molecule has 0 aromatic heterocycles. The lowest BCUT2D eigenvalue weighted by molar-refractivity contribution is -0.0453. The van der Waals surface area contributed by atoms with Gasteiger partial charge in [-0.15, -0.1) is 0 Å². The molecule has 6 N–H and O–H groups in total. The fourth-order valence-electron chi connectivity index (χ4n) is 2.86. The Kier molecular flexibility index (Phi) is 19.4. The van der Waals surface area contributed by atoms with Gasteiger partial charge in [-0.05, 0) is 13.0 Å². The van der Waals surface area contributed by atoms with Crippen LogP contribution in [0.2, 0.25) is 0 Å². The number of nitrogens with zero attached hydrogens (tertiary/aromatic N) is 1. The van der Waals surface area contributed by atoms with Gasteiger partial charge in [0.2, 0.25) is 0 Å². The second-order valence-electron chi connectivity index (χ2n) is 7.58. The van der Waals surface area contributed by atoms with E-state index < -0.39 is 37.6 Å². The third-order valence-corrected chi connectivity index (χ3v) is 4.43. The molecule has 0 aromatic carbocycles. The van der Waals surface area contributed by atoms with Gasteiger partial charge < -0.3 is 40.1 Å². The molecular weight excluding hydrogens is 382 g/mol. The Bertz CT molecular complexity index is 326. The fourth-order valence-corrected chi connectivity index (χ4v) is 2.86. The smallest absolute Gasteiger partial charge is 0.100 e. The lowest BCUT2D eigenvalue weighted by atomic mass is 10.1. The zero-order valence-corrected chi connectivity index (χ0v) is 17.9. The van der Waals surface area contributed by atoms with E-state index >= 15 is 0 Å². The summed E-state index contributed by atoms with van der Waals surface area (Å²) in [5, 5.41) is 56.5. The van der Waals surface area contributed by atoms with Gasteiger partial charge in [-0.1, -0.05) is 39.0 Å². The van der Waals surface area contributed by atoms with Crippen molar-refractivity contribution in [3.8, 4) is 0 Å². The summed E-state index contributed by atoms with van der Waals surface area (Å²) in [5.74, 6) is 0. The average Bonchev–Trinajstić information content (AvgIpc) is 2.69. The normalized spacial score (nSPS) is 16.1. The molecule has 0 fully saturated rings. The predicted octanol–water partition coefficient (Wildman–Crippen LogP) is -0.890. The van der Waals surface area contributed by atoms with Gasteiger partial charge in [0.25, 0.3) is 0 Å². The van der Waals surface area contributed by atoms with Crippen molar-refractivity contribution < 1.29 is 40.1 Å². The summed E-state index contributed by atoms with van der Waals surface area (Å²) >= 11 is 0. The highest BCUT2D eigenvalue weighted by Crippen LogP contribution is 2.07. The third-order valence-electron chi connectivity index (χ3n) is 4.43. The minimum Gasteiger partial charge on any atom is -0.394 e. The summed E-state index contributed by atoms with van der Waals surface area (Å²) < 4.78 is 10.4. The van der Waals surface area contributed by atoms with Crippen molar-refractivity contribution in [2.24, 2.45) is 0 Å². The quantitative estimate of drug-likeness (QED) is 0.129. The van der Waals surface area contributed by atoms with Crippen LogP contribution in [0.25, 0.3) is 0 Å². The van der Waals surface area contributed by atoms with Gasteiger partial charge in [0.15, 0.2) is 0 Å². The van der Waals surface area contributed by atoms with Crippen LogP contribution in [0.1, 0.15) is 45.4 Å². The molecule has 0 radical (unpaired) electrons. The van der Waals surface area contributed by atoms with Crippen molar-refractivity contribution in [2.45, 2.75) is 69.9 Å². The monoisotopic (exact) mass is 425 g/mol. The molecule has 0 rings (SSSR count). The first-order valence-corrected chi connectivity index (χ1v) is 10.7. The SMILES string of the molecule is CCCCCCCCN(CC(O)COCC(O)CO)CC(O)COCC(O)CO. The Balaban J connectivity index is 4.31. The maximum atomic E-state index is 10.2. The molecule has 29 heavy (non-hydrogen) atoms. The van der Waals surface area contributed by atoms with Crippen LogP contribution in [0, 0.1) is 0 Å². The molecule has 0 spiro atoms. The zero-order chi connectivity index (χ0) is 21.9. The number of aliphatic hydroxyl groups is 6. The van der Waals surface area contributed by atoms with E-state index in [0.29, 0.717) is 13.1 Å². The van der Waals surface area contributed by atoms with Gasteiger partial charge in [-0.3, -0.25) is 4.90 Å². The Morgan fingerprint density at radius 3 is 1.48 bits per heavy atom. The Hall–Kier alpha value is -0.360. The maximum Gasteiger partial charge on any atom is 0.100 e. The van der Waals surface area contributed by atoms with Crippen LogP contribution < -0.4 is 0 Å². The van der Waals surface area contributed by atoms with E-state index in [1.54, 1.807) is 0 Å².